The number of nitrogens with zero attached hydrogens (tertiary/aromatic N) is 3. The summed E-state index contributed by atoms with van der Waals surface area (Å²) in [5.74, 6) is -0.106. The largest absolute Gasteiger partial charge is 0.379 e. The van der Waals surface area contributed by atoms with Crippen LogP contribution in [0.25, 0.3) is 10.2 Å². The number of fused-ring (bicyclic) bond motifs is 1. The third-order valence-corrected chi connectivity index (χ3v) is 8.28. The van der Waals surface area contributed by atoms with Crippen molar-refractivity contribution in [2.24, 2.45) is 0 Å². The molecule has 1 aliphatic heterocycles. The standard InChI is InChI=1S/C22H25N3O4S3/c1-30-19-6-4-3-5-17(19)21(26)25(10-9-24-11-13-29-14-12-24)22-23-18-8-7-16(32(2,27)28)15-20(18)31-22/h3-8,15H,9-14H2,1-2H3. The first-order valence-corrected chi connectivity index (χ1v) is 14.2. The molecular formula is C22H25N3O4S3. The second-order valence-corrected chi connectivity index (χ2v) is 11.4. The van der Waals surface area contributed by atoms with Gasteiger partial charge >= 0.3 is 0 Å². The van der Waals surface area contributed by atoms with Crippen LogP contribution in [0.15, 0.2) is 52.3 Å². The summed E-state index contributed by atoms with van der Waals surface area (Å²) in [6, 6.07) is 12.5. The Morgan fingerprint density at radius 3 is 2.69 bits per heavy atom. The van der Waals surface area contributed by atoms with Gasteiger partial charge in [-0.25, -0.2) is 13.4 Å². The van der Waals surface area contributed by atoms with E-state index in [2.05, 4.69) is 9.88 Å². The molecule has 2 aromatic carbocycles. The number of thiazole rings is 1. The molecule has 0 atom stereocenters. The summed E-state index contributed by atoms with van der Waals surface area (Å²) < 4.78 is 30.1. The molecule has 0 unspecified atom stereocenters. The Labute approximate surface area is 196 Å². The van der Waals surface area contributed by atoms with Crippen molar-refractivity contribution in [2.75, 3.05) is 56.8 Å². The highest BCUT2D eigenvalue weighted by Crippen LogP contribution is 2.32. The highest BCUT2D eigenvalue weighted by atomic mass is 32.2. The Morgan fingerprint density at radius 2 is 1.97 bits per heavy atom. The lowest BCUT2D eigenvalue weighted by Crippen LogP contribution is -2.43. The van der Waals surface area contributed by atoms with Gasteiger partial charge in [-0.3, -0.25) is 14.6 Å². The number of amides is 1. The molecule has 0 radical (unpaired) electrons. The Kier molecular flexibility index (Phi) is 7.16. The zero-order valence-electron chi connectivity index (χ0n) is 18.0. The number of carbonyl (C=O) groups excluding carboxylic acids is 1. The summed E-state index contributed by atoms with van der Waals surface area (Å²) in [5, 5.41) is 0.569. The smallest absolute Gasteiger partial charge is 0.261 e. The van der Waals surface area contributed by atoms with E-state index < -0.39 is 9.84 Å². The summed E-state index contributed by atoms with van der Waals surface area (Å²) in [6.07, 6.45) is 3.14. The number of aromatic nitrogens is 1. The third-order valence-electron chi connectivity index (χ3n) is 5.33. The highest BCUT2D eigenvalue weighted by molar-refractivity contribution is 7.98. The lowest BCUT2D eigenvalue weighted by atomic mass is 10.2. The lowest BCUT2D eigenvalue weighted by molar-refractivity contribution is 0.0391. The van der Waals surface area contributed by atoms with Gasteiger partial charge in [0.15, 0.2) is 15.0 Å². The zero-order valence-corrected chi connectivity index (χ0v) is 20.4. The van der Waals surface area contributed by atoms with E-state index in [1.165, 1.54) is 29.4 Å². The van der Waals surface area contributed by atoms with Crippen molar-refractivity contribution in [1.29, 1.82) is 0 Å². The van der Waals surface area contributed by atoms with Crippen LogP contribution in [0.2, 0.25) is 0 Å². The number of morpholine rings is 1. The molecule has 32 heavy (non-hydrogen) atoms. The fourth-order valence-corrected chi connectivity index (χ4v) is 5.90. The van der Waals surface area contributed by atoms with Gasteiger partial charge in [-0.2, -0.15) is 0 Å². The maximum absolute atomic E-state index is 13.6. The first-order chi connectivity index (χ1) is 15.4. The number of hydrogen-bond acceptors (Lipinski definition) is 8. The van der Waals surface area contributed by atoms with Crippen molar-refractivity contribution in [1.82, 2.24) is 9.88 Å². The molecule has 170 valence electrons. The Bertz CT molecular complexity index is 1220. The first kappa shape index (κ1) is 23.2. The molecule has 7 nitrogen and oxygen atoms in total. The molecule has 1 aromatic heterocycles. The lowest BCUT2D eigenvalue weighted by Gasteiger charge is -2.29. The number of anilines is 1. The molecular weight excluding hydrogens is 466 g/mol. The number of sulfone groups is 1. The van der Waals surface area contributed by atoms with Crippen LogP contribution in [0, 0.1) is 0 Å². The van der Waals surface area contributed by atoms with Crippen molar-refractivity contribution >= 4 is 54.2 Å². The van der Waals surface area contributed by atoms with Gasteiger partial charge in [-0.1, -0.05) is 23.5 Å². The fourth-order valence-electron chi connectivity index (χ4n) is 3.56. The zero-order chi connectivity index (χ0) is 22.7. The van der Waals surface area contributed by atoms with Gasteiger partial charge in [-0.05, 0) is 36.6 Å². The van der Waals surface area contributed by atoms with Crippen LogP contribution in [0.4, 0.5) is 5.13 Å². The minimum Gasteiger partial charge on any atom is -0.379 e. The van der Waals surface area contributed by atoms with Crippen LogP contribution in [-0.2, 0) is 14.6 Å². The summed E-state index contributed by atoms with van der Waals surface area (Å²) in [5.41, 5.74) is 1.32. The molecule has 0 spiro atoms. The van der Waals surface area contributed by atoms with Crippen LogP contribution >= 0.6 is 23.1 Å². The summed E-state index contributed by atoms with van der Waals surface area (Å²) in [6.45, 7) is 4.25. The molecule has 0 bridgehead atoms. The normalized spacial score (nSPS) is 15.2. The van der Waals surface area contributed by atoms with Gasteiger partial charge in [0.2, 0.25) is 0 Å². The number of benzene rings is 2. The average Bonchev–Trinajstić information content (AvgIpc) is 3.22. The molecule has 1 aliphatic rings. The molecule has 10 heteroatoms. The van der Waals surface area contributed by atoms with Crippen LogP contribution in [0.5, 0.6) is 0 Å². The average molecular weight is 492 g/mol. The van der Waals surface area contributed by atoms with Crippen molar-refractivity contribution in [3.63, 3.8) is 0 Å². The van der Waals surface area contributed by atoms with Crippen LogP contribution in [-0.4, -0.2) is 76.1 Å². The number of thioether (sulfide) groups is 1. The van der Waals surface area contributed by atoms with Crippen molar-refractivity contribution < 1.29 is 17.9 Å². The van der Waals surface area contributed by atoms with Crippen molar-refractivity contribution in [3.05, 3.63) is 48.0 Å². The topological polar surface area (TPSA) is 79.8 Å². The summed E-state index contributed by atoms with van der Waals surface area (Å²) >= 11 is 2.87. The molecule has 0 aliphatic carbocycles. The molecule has 4 rings (SSSR count). The highest BCUT2D eigenvalue weighted by Gasteiger charge is 2.25. The van der Waals surface area contributed by atoms with E-state index in [-0.39, 0.29) is 10.8 Å². The minimum absolute atomic E-state index is 0.106. The molecule has 3 aromatic rings. The van der Waals surface area contributed by atoms with Gasteiger partial charge in [0.25, 0.3) is 5.91 Å². The van der Waals surface area contributed by atoms with E-state index in [0.29, 0.717) is 42.5 Å². The summed E-state index contributed by atoms with van der Waals surface area (Å²) in [4.78, 5) is 23.5. The second kappa shape index (κ2) is 9.88. The number of ether oxygens (including phenoxy) is 1. The van der Waals surface area contributed by atoms with E-state index in [4.69, 9.17) is 4.74 Å². The SMILES string of the molecule is CSc1ccccc1C(=O)N(CCN1CCOCC1)c1nc2ccc(S(C)(=O)=O)cc2s1. The van der Waals surface area contributed by atoms with Crippen molar-refractivity contribution in [2.45, 2.75) is 9.79 Å². The van der Waals surface area contributed by atoms with E-state index in [9.17, 15) is 13.2 Å². The van der Waals surface area contributed by atoms with E-state index in [1.807, 2.05) is 30.5 Å². The Morgan fingerprint density at radius 1 is 1.22 bits per heavy atom. The predicted octanol–water partition coefficient (Wildman–Crippen LogP) is 3.40. The van der Waals surface area contributed by atoms with Gasteiger partial charge in [0.1, 0.15) is 0 Å². The monoisotopic (exact) mass is 491 g/mol. The van der Waals surface area contributed by atoms with Gasteiger partial charge in [0.05, 0.1) is 33.9 Å². The second-order valence-electron chi connectivity index (χ2n) is 7.51. The van der Waals surface area contributed by atoms with Gasteiger partial charge in [0, 0.05) is 37.3 Å². The molecule has 2 heterocycles. The molecule has 0 saturated carbocycles. The fraction of sp³-hybridized carbons (Fsp3) is 0.364. The Balaban J connectivity index is 1.70. The van der Waals surface area contributed by atoms with E-state index in [0.717, 1.165) is 22.7 Å². The first-order valence-electron chi connectivity index (χ1n) is 10.2. The molecule has 0 N–H and O–H groups in total. The number of hydrogen-bond donors (Lipinski definition) is 0. The number of carbonyl (C=O) groups is 1. The minimum atomic E-state index is -3.32. The van der Waals surface area contributed by atoms with Gasteiger partial charge < -0.3 is 4.74 Å². The maximum Gasteiger partial charge on any atom is 0.261 e. The quantitative estimate of drug-likeness (QED) is 0.469. The van der Waals surface area contributed by atoms with E-state index >= 15 is 0 Å². The number of rotatable bonds is 7. The molecule has 1 saturated heterocycles. The molecule has 1 fully saturated rings. The molecule has 1 amide bonds. The summed E-state index contributed by atoms with van der Waals surface area (Å²) in [7, 11) is -3.32. The van der Waals surface area contributed by atoms with Crippen LogP contribution in [0.3, 0.4) is 0 Å². The van der Waals surface area contributed by atoms with Crippen LogP contribution in [0.1, 0.15) is 10.4 Å². The van der Waals surface area contributed by atoms with Gasteiger partial charge in [-0.15, -0.1) is 11.8 Å². The third kappa shape index (κ3) is 5.15. The van der Waals surface area contributed by atoms with Crippen LogP contribution < -0.4 is 4.90 Å². The van der Waals surface area contributed by atoms with Crippen molar-refractivity contribution in [3.8, 4) is 0 Å². The van der Waals surface area contributed by atoms with E-state index in [1.54, 1.807) is 23.1 Å². The maximum atomic E-state index is 13.6. The Hall–Kier alpha value is -1.98. The predicted molar refractivity (Wildman–Crippen MR) is 130 cm³/mol.